The summed E-state index contributed by atoms with van der Waals surface area (Å²) in [5.74, 6) is -1.29. The highest BCUT2D eigenvalue weighted by atomic mass is 16.5. The fourth-order valence-electron chi connectivity index (χ4n) is 2.05. The molecule has 0 aromatic heterocycles. The van der Waals surface area contributed by atoms with Gasteiger partial charge in [-0.1, -0.05) is 17.2 Å². The highest BCUT2D eigenvalue weighted by molar-refractivity contribution is 5.96. The Balaban J connectivity index is 1.72. The predicted molar refractivity (Wildman–Crippen MR) is 80.4 cm³/mol. The molecule has 1 saturated carbocycles. The number of aryl methyl sites for hydroxylation is 2. The average Bonchev–Trinajstić information content (AvgIpc) is 3.25. The lowest BCUT2D eigenvalue weighted by Gasteiger charge is -2.08. The number of hydrogen-bond donors (Lipinski definition) is 2. The molecule has 0 bridgehead atoms. The molecule has 1 aliphatic rings. The third-order valence-electron chi connectivity index (χ3n) is 3.18. The molecule has 0 unspecified atom stereocenters. The van der Waals surface area contributed by atoms with Crippen molar-refractivity contribution in [2.45, 2.75) is 32.7 Å². The van der Waals surface area contributed by atoms with Crippen molar-refractivity contribution in [1.29, 1.82) is 0 Å². The van der Waals surface area contributed by atoms with Gasteiger partial charge in [0.1, 0.15) is 6.54 Å². The van der Waals surface area contributed by atoms with E-state index in [2.05, 4.69) is 10.6 Å². The van der Waals surface area contributed by atoms with Gasteiger partial charge in [0.2, 0.25) is 0 Å². The summed E-state index contributed by atoms with van der Waals surface area (Å²) in [4.78, 5) is 34.8. The second kappa shape index (κ2) is 7.06. The first-order valence-corrected chi connectivity index (χ1v) is 7.25. The molecule has 0 spiro atoms. The topological polar surface area (TPSA) is 84.5 Å². The van der Waals surface area contributed by atoms with E-state index >= 15 is 0 Å². The van der Waals surface area contributed by atoms with Gasteiger partial charge in [-0.3, -0.25) is 14.4 Å². The standard InChI is InChI=1S/C16H20N2O4/c1-10-5-11(2)7-12(6-10)16(21)17-8-15(20)22-9-14(19)18-13-3-4-13/h5-7,13H,3-4,8-9H2,1-2H3,(H,17,21)(H,18,19). The monoisotopic (exact) mass is 304 g/mol. The van der Waals surface area contributed by atoms with E-state index in [-0.39, 0.29) is 31.0 Å². The number of amides is 2. The summed E-state index contributed by atoms with van der Waals surface area (Å²) >= 11 is 0. The Morgan fingerprint density at radius 1 is 1.14 bits per heavy atom. The zero-order valence-corrected chi connectivity index (χ0v) is 12.8. The van der Waals surface area contributed by atoms with Crippen LogP contribution in [0.4, 0.5) is 0 Å². The first-order chi connectivity index (χ1) is 10.4. The molecule has 0 atom stereocenters. The lowest BCUT2D eigenvalue weighted by Crippen LogP contribution is -2.34. The fraction of sp³-hybridized carbons (Fsp3) is 0.438. The van der Waals surface area contributed by atoms with Crippen molar-refractivity contribution in [2.24, 2.45) is 0 Å². The first-order valence-electron chi connectivity index (χ1n) is 7.25. The van der Waals surface area contributed by atoms with Gasteiger partial charge in [0, 0.05) is 11.6 Å². The van der Waals surface area contributed by atoms with Crippen LogP contribution in [0.15, 0.2) is 18.2 Å². The van der Waals surface area contributed by atoms with E-state index in [0.29, 0.717) is 5.56 Å². The third kappa shape index (κ3) is 5.20. The molecule has 22 heavy (non-hydrogen) atoms. The Kier molecular flexibility index (Phi) is 5.14. The number of carbonyl (C=O) groups excluding carboxylic acids is 3. The van der Waals surface area contributed by atoms with Gasteiger partial charge >= 0.3 is 5.97 Å². The Labute approximate surface area is 129 Å². The smallest absolute Gasteiger partial charge is 0.325 e. The first kappa shape index (κ1) is 16.0. The van der Waals surface area contributed by atoms with Crippen LogP contribution < -0.4 is 10.6 Å². The van der Waals surface area contributed by atoms with Crippen molar-refractivity contribution in [3.05, 3.63) is 34.9 Å². The molecule has 0 aliphatic heterocycles. The van der Waals surface area contributed by atoms with Gasteiger partial charge in [0.25, 0.3) is 11.8 Å². The van der Waals surface area contributed by atoms with Crippen LogP contribution in [0.5, 0.6) is 0 Å². The molecule has 1 fully saturated rings. The van der Waals surface area contributed by atoms with Gasteiger partial charge in [-0.15, -0.1) is 0 Å². The number of hydrogen-bond acceptors (Lipinski definition) is 4. The zero-order valence-electron chi connectivity index (χ0n) is 12.8. The van der Waals surface area contributed by atoms with Gasteiger partial charge in [-0.25, -0.2) is 0 Å². The van der Waals surface area contributed by atoms with Crippen LogP contribution in [0.3, 0.4) is 0 Å². The van der Waals surface area contributed by atoms with Gasteiger partial charge in [0.15, 0.2) is 6.61 Å². The van der Waals surface area contributed by atoms with Crippen LogP contribution in [0.25, 0.3) is 0 Å². The Morgan fingerprint density at radius 2 is 1.77 bits per heavy atom. The number of rotatable bonds is 6. The second-order valence-electron chi connectivity index (χ2n) is 5.56. The number of esters is 1. The van der Waals surface area contributed by atoms with Crippen LogP contribution in [-0.2, 0) is 14.3 Å². The summed E-state index contributed by atoms with van der Waals surface area (Å²) in [6.45, 7) is 3.23. The maximum atomic E-state index is 11.9. The molecule has 0 saturated heterocycles. The molecular formula is C16H20N2O4. The molecule has 6 heteroatoms. The molecule has 0 radical (unpaired) electrons. The van der Waals surface area contributed by atoms with E-state index in [1.54, 1.807) is 12.1 Å². The van der Waals surface area contributed by atoms with Crippen molar-refractivity contribution < 1.29 is 19.1 Å². The van der Waals surface area contributed by atoms with Crippen LogP contribution in [-0.4, -0.2) is 37.0 Å². The lowest BCUT2D eigenvalue weighted by atomic mass is 10.1. The predicted octanol–water partition coefficient (Wildman–Crippen LogP) is 0.855. The van der Waals surface area contributed by atoms with E-state index in [1.807, 2.05) is 19.9 Å². The Morgan fingerprint density at radius 3 is 2.36 bits per heavy atom. The van der Waals surface area contributed by atoms with Crippen LogP contribution in [0.1, 0.15) is 34.3 Å². The summed E-state index contributed by atoms with van der Waals surface area (Å²) in [7, 11) is 0. The van der Waals surface area contributed by atoms with Crippen molar-refractivity contribution >= 4 is 17.8 Å². The summed E-state index contributed by atoms with van der Waals surface area (Å²) in [6, 6.07) is 5.69. The fourth-order valence-corrected chi connectivity index (χ4v) is 2.05. The maximum Gasteiger partial charge on any atom is 0.325 e. The van der Waals surface area contributed by atoms with Gasteiger partial charge in [0.05, 0.1) is 0 Å². The van der Waals surface area contributed by atoms with Crippen molar-refractivity contribution in [1.82, 2.24) is 10.6 Å². The maximum absolute atomic E-state index is 11.9. The highest BCUT2D eigenvalue weighted by Crippen LogP contribution is 2.18. The van der Waals surface area contributed by atoms with Crippen LogP contribution >= 0.6 is 0 Å². The van der Waals surface area contributed by atoms with E-state index < -0.39 is 5.97 Å². The summed E-state index contributed by atoms with van der Waals surface area (Å²) in [5, 5.41) is 5.19. The largest absolute Gasteiger partial charge is 0.454 e. The Hall–Kier alpha value is -2.37. The van der Waals surface area contributed by atoms with Crippen LogP contribution in [0.2, 0.25) is 0 Å². The SMILES string of the molecule is Cc1cc(C)cc(C(=O)NCC(=O)OCC(=O)NC2CC2)c1. The summed E-state index contributed by atoms with van der Waals surface area (Å²) < 4.78 is 4.80. The molecule has 2 amide bonds. The van der Waals surface area contributed by atoms with E-state index in [1.165, 1.54) is 0 Å². The zero-order chi connectivity index (χ0) is 16.1. The van der Waals surface area contributed by atoms with Crippen molar-refractivity contribution in [3.8, 4) is 0 Å². The minimum Gasteiger partial charge on any atom is -0.454 e. The van der Waals surface area contributed by atoms with Crippen molar-refractivity contribution in [2.75, 3.05) is 13.2 Å². The van der Waals surface area contributed by atoms with Crippen molar-refractivity contribution in [3.63, 3.8) is 0 Å². The molecule has 6 nitrogen and oxygen atoms in total. The van der Waals surface area contributed by atoms with Crippen LogP contribution in [0, 0.1) is 13.8 Å². The van der Waals surface area contributed by atoms with Gasteiger partial charge in [-0.05, 0) is 38.8 Å². The van der Waals surface area contributed by atoms with Gasteiger partial charge < -0.3 is 15.4 Å². The molecule has 118 valence electrons. The minimum atomic E-state index is -0.635. The average molecular weight is 304 g/mol. The lowest BCUT2D eigenvalue weighted by molar-refractivity contribution is -0.147. The Bertz CT molecular complexity index is 574. The number of carbonyl (C=O) groups is 3. The molecule has 2 N–H and O–H groups in total. The second-order valence-corrected chi connectivity index (χ2v) is 5.56. The normalized spacial score (nSPS) is 13.4. The summed E-state index contributed by atoms with van der Waals surface area (Å²) in [5.41, 5.74) is 2.45. The third-order valence-corrected chi connectivity index (χ3v) is 3.18. The molecule has 1 aliphatic carbocycles. The van der Waals surface area contributed by atoms with E-state index in [0.717, 1.165) is 24.0 Å². The van der Waals surface area contributed by atoms with E-state index in [9.17, 15) is 14.4 Å². The number of ether oxygens (including phenoxy) is 1. The molecule has 2 rings (SSSR count). The highest BCUT2D eigenvalue weighted by Gasteiger charge is 2.23. The molecule has 1 aromatic rings. The quantitative estimate of drug-likeness (QED) is 0.763. The summed E-state index contributed by atoms with van der Waals surface area (Å²) in [6.07, 6.45) is 1.96. The minimum absolute atomic E-state index is 0.232. The number of nitrogens with one attached hydrogen (secondary N) is 2. The van der Waals surface area contributed by atoms with Gasteiger partial charge in [-0.2, -0.15) is 0 Å². The molecule has 0 heterocycles. The van der Waals surface area contributed by atoms with E-state index in [4.69, 9.17) is 4.74 Å². The number of benzene rings is 1. The molecule has 1 aromatic carbocycles. The molecular weight excluding hydrogens is 284 g/mol.